The molecule has 1 aromatic carbocycles. The smallest absolute Gasteiger partial charge is 0.293 e. The predicted molar refractivity (Wildman–Crippen MR) is 74.2 cm³/mol. The van der Waals surface area contributed by atoms with Crippen LogP contribution < -0.4 is 5.32 Å². The summed E-state index contributed by atoms with van der Waals surface area (Å²) in [5.41, 5.74) is 1.69. The lowest BCUT2D eigenvalue weighted by Crippen LogP contribution is -2.07. The largest absolute Gasteiger partial charge is 0.373 e. The first-order chi connectivity index (χ1) is 9.11. The normalized spacial score (nSPS) is 11.6. The molecule has 0 radical (unpaired) electrons. The van der Waals surface area contributed by atoms with Gasteiger partial charge in [0.1, 0.15) is 5.69 Å². The van der Waals surface area contributed by atoms with Gasteiger partial charge in [-0.2, -0.15) is 16.6 Å². The summed E-state index contributed by atoms with van der Waals surface area (Å²) in [5, 5.41) is 26.8. The van der Waals surface area contributed by atoms with E-state index in [-0.39, 0.29) is 17.3 Å². The molecule has 0 amide bonds. The molecule has 1 unspecified atom stereocenters. The van der Waals surface area contributed by atoms with E-state index in [1.54, 1.807) is 23.5 Å². The molecule has 1 atom stereocenters. The van der Waals surface area contributed by atoms with Crippen LogP contribution in [0.4, 0.5) is 11.4 Å². The molecule has 0 aliphatic rings. The Morgan fingerprint density at radius 1 is 1.47 bits per heavy atom. The summed E-state index contributed by atoms with van der Waals surface area (Å²) in [6.07, 6.45) is 0. The van der Waals surface area contributed by atoms with Crippen LogP contribution >= 0.6 is 11.3 Å². The van der Waals surface area contributed by atoms with Gasteiger partial charge in [-0.05, 0) is 41.4 Å². The Labute approximate surface area is 114 Å². The molecular weight excluding hydrogens is 262 g/mol. The van der Waals surface area contributed by atoms with Gasteiger partial charge in [-0.15, -0.1) is 0 Å². The van der Waals surface area contributed by atoms with Crippen molar-refractivity contribution in [1.29, 1.82) is 5.26 Å². The standard InChI is InChI=1S/C13H11N3O2S/c1-9(11-4-5-19-8-11)15-12-3-2-10(7-14)6-13(12)16(17)18/h2-6,8-9,15H,1H3. The number of hydrogen-bond donors (Lipinski definition) is 1. The number of anilines is 1. The molecule has 0 fully saturated rings. The van der Waals surface area contributed by atoms with E-state index in [1.807, 2.05) is 29.8 Å². The third-order valence-electron chi connectivity index (χ3n) is 2.74. The molecule has 0 aliphatic carbocycles. The van der Waals surface area contributed by atoms with Crippen molar-refractivity contribution in [3.63, 3.8) is 0 Å². The zero-order valence-corrected chi connectivity index (χ0v) is 11.0. The molecule has 0 aliphatic heterocycles. The Bertz CT molecular complexity index is 632. The summed E-state index contributed by atoms with van der Waals surface area (Å²) < 4.78 is 0. The number of nitriles is 1. The van der Waals surface area contributed by atoms with Crippen LogP contribution in [0.15, 0.2) is 35.0 Å². The number of hydrogen-bond acceptors (Lipinski definition) is 5. The lowest BCUT2D eigenvalue weighted by molar-refractivity contribution is -0.384. The highest BCUT2D eigenvalue weighted by atomic mass is 32.1. The highest BCUT2D eigenvalue weighted by molar-refractivity contribution is 7.07. The van der Waals surface area contributed by atoms with Gasteiger partial charge in [0.25, 0.3) is 5.69 Å². The van der Waals surface area contributed by atoms with Gasteiger partial charge in [0.15, 0.2) is 0 Å². The monoisotopic (exact) mass is 273 g/mol. The molecule has 2 rings (SSSR count). The minimum Gasteiger partial charge on any atom is -0.373 e. The quantitative estimate of drug-likeness (QED) is 0.680. The van der Waals surface area contributed by atoms with E-state index in [2.05, 4.69) is 5.32 Å². The number of nitro benzene ring substituents is 1. The van der Waals surface area contributed by atoms with Gasteiger partial charge < -0.3 is 5.32 Å². The SMILES string of the molecule is CC(Nc1ccc(C#N)cc1[N+](=O)[O-])c1ccsc1. The Balaban J connectivity index is 2.30. The van der Waals surface area contributed by atoms with Crippen LogP contribution in [0.25, 0.3) is 0 Å². The first kappa shape index (κ1) is 13.1. The van der Waals surface area contributed by atoms with Gasteiger partial charge in [0.2, 0.25) is 0 Å². The number of benzene rings is 1. The molecule has 0 saturated heterocycles. The Morgan fingerprint density at radius 3 is 2.84 bits per heavy atom. The molecule has 96 valence electrons. The average molecular weight is 273 g/mol. The van der Waals surface area contributed by atoms with Gasteiger partial charge >= 0.3 is 0 Å². The summed E-state index contributed by atoms with van der Waals surface area (Å²) in [6, 6.07) is 8.25. The van der Waals surface area contributed by atoms with Crippen molar-refractivity contribution in [3.8, 4) is 6.07 Å². The van der Waals surface area contributed by atoms with Crippen LogP contribution in [0.2, 0.25) is 0 Å². The Morgan fingerprint density at radius 2 is 2.26 bits per heavy atom. The Kier molecular flexibility index (Phi) is 3.78. The van der Waals surface area contributed by atoms with Crippen molar-refractivity contribution in [2.24, 2.45) is 0 Å². The lowest BCUT2D eigenvalue weighted by atomic mass is 10.1. The third-order valence-corrected chi connectivity index (χ3v) is 3.44. The first-order valence-corrected chi connectivity index (χ1v) is 6.53. The zero-order chi connectivity index (χ0) is 13.8. The van der Waals surface area contributed by atoms with Crippen LogP contribution in [0.1, 0.15) is 24.1 Å². The van der Waals surface area contributed by atoms with Gasteiger partial charge in [0.05, 0.1) is 16.6 Å². The highest BCUT2D eigenvalue weighted by Crippen LogP contribution is 2.29. The van der Waals surface area contributed by atoms with Crippen molar-refractivity contribution in [2.45, 2.75) is 13.0 Å². The lowest BCUT2D eigenvalue weighted by Gasteiger charge is -2.14. The van der Waals surface area contributed by atoms with Gasteiger partial charge in [-0.25, -0.2) is 0 Å². The van der Waals surface area contributed by atoms with Crippen LogP contribution in [0.3, 0.4) is 0 Å². The summed E-state index contributed by atoms with van der Waals surface area (Å²) in [5.74, 6) is 0. The summed E-state index contributed by atoms with van der Waals surface area (Å²) >= 11 is 1.58. The molecule has 2 aromatic rings. The molecule has 1 aromatic heterocycles. The molecule has 19 heavy (non-hydrogen) atoms. The van der Waals surface area contributed by atoms with Crippen molar-refractivity contribution >= 4 is 22.7 Å². The molecule has 0 saturated carbocycles. The molecular formula is C13H11N3O2S. The fourth-order valence-electron chi connectivity index (χ4n) is 1.71. The van der Waals surface area contributed by atoms with Gasteiger partial charge in [-0.1, -0.05) is 0 Å². The van der Waals surface area contributed by atoms with Crippen LogP contribution in [-0.2, 0) is 0 Å². The second-order valence-electron chi connectivity index (χ2n) is 4.02. The van der Waals surface area contributed by atoms with Crippen LogP contribution in [0.5, 0.6) is 0 Å². The number of thiophene rings is 1. The second kappa shape index (κ2) is 5.50. The number of nitrogens with zero attached hydrogens (tertiary/aromatic N) is 2. The molecule has 1 N–H and O–H groups in total. The fourth-order valence-corrected chi connectivity index (χ4v) is 2.47. The summed E-state index contributed by atoms with van der Waals surface area (Å²) in [7, 11) is 0. The minimum absolute atomic E-state index is 0.0297. The van der Waals surface area contributed by atoms with E-state index < -0.39 is 4.92 Å². The number of nitrogens with one attached hydrogen (secondary N) is 1. The van der Waals surface area contributed by atoms with E-state index in [9.17, 15) is 10.1 Å². The maximum Gasteiger partial charge on any atom is 0.293 e. The topological polar surface area (TPSA) is 79.0 Å². The van der Waals surface area contributed by atoms with E-state index in [1.165, 1.54) is 6.07 Å². The van der Waals surface area contributed by atoms with Crippen molar-refractivity contribution < 1.29 is 4.92 Å². The third kappa shape index (κ3) is 2.89. The molecule has 5 nitrogen and oxygen atoms in total. The maximum absolute atomic E-state index is 11.0. The van der Waals surface area contributed by atoms with E-state index in [0.29, 0.717) is 5.69 Å². The molecule has 1 heterocycles. The number of rotatable bonds is 4. The van der Waals surface area contributed by atoms with Crippen molar-refractivity contribution in [1.82, 2.24) is 0 Å². The minimum atomic E-state index is -0.483. The van der Waals surface area contributed by atoms with Gasteiger partial charge in [0, 0.05) is 12.1 Å². The van der Waals surface area contributed by atoms with E-state index in [4.69, 9.17) is 5.26 Å². The summed E-state index contributed by atoms with van der Waals surface area (Å²) in [6.45, 7) is 1.93. The van der Waals surface area contributed by atoms with Crippen molar-refractivity contribution in [2.75, 3.05) is 5.32 Å². The van der Waals surface area contributed by atoms with Gasteiger partial charge in [-0.3, -0.25) is 10.1 Å². The second-order valence-corrected chi connectivity index (χ2v) is 4.80. The molecule has 0 bridgehead atoms. The average Bonchev–Trinajstić information content (AvgIpc) is 2.92. The Hall–Kier alpha value is -2.39. The predicted octanol–water partition coefficient (Wildman–Crippen LogP) is 3.70. The zero-order valence-electron chi connectivity index (χ0n) is 10.2. The van der Waals surface area contributed by atoms with E-state index in [0.717, 1.165) is 5.56 Å². The summed E-state index contributed by atoms with van der Waals surface area (Å²) in [4.78, 5) is 10.5. The van der Waals surface area contributed by atoms with Crippen LogP contribution in [0, 0.1) is 21.4 Å². The number of nitro groups is 1. The van der Waals surface area contributed by atoms with E-state index >= 15 is 0 Å². The van der Waals surface area contributed by atoms with Crippen LogP contribution in [-0.4, -0.2) is 4.92 Å². The van der Waals surface area contributed by atoms with Crippen molar-refractivity contribution in [3.05, 3.63) is 56.3 Å². The molecule has 6 heteroatoms. The molecule has 0 spiro atoms. The first-order valence-electron chi connectivity index (χ1n) is 5.59. The fraction of sp³-hybridized carbons (Fsp3) is 0.154. The maximum atomic E-state index is 11.0. The highest BCUT2D eigenvalue weighted by Gasteiger charge is 2.17.